The highest BCUT2D eigenvalue weighted by molar-refractivity contribution is 6.35. The summed E-state index contributed by atoms with van der Waals surface area (Å²) in [6.07, 6.45) is 0.971. The number of hydrogen-bond donors (Lipinski definition) is 1. The topological polar surface area (TPSA) is 41.6 Å². The van der Waals surface area contributed by atoms with Gasteiger partial charge in [-0.2, -0.15) is 0 Å². The maximum absolute atomic E-state index is 6.10. The van der Waals surface area contributed by atoms with Crippen molar-refractivity contribution in [3.05, 3.63) is 58.1 Å². The Hall–Kier alpha value is -1.71. The van der Waals surface area contributed by atoms with E-state index < -0.39 is 0 Å². The van der Waals surface area contributed by atoms with Crippen LogP contribution in [-0.4, -0.2) is 13.0 Å². The summed E-state index contributed by atoms with van der Waals surface area (Å²) in [5.74, 6) is 0.354. The summed E-state index contributed by atoms with van der Waals surface area (Å²) in [6, 6.07) is 13.3. The number of anilines is 1. The van der Waals surface area contributed by atoms with E-state index in [2.05, 4.69) is 24.0 Å². The minimum absolute atomic E-state index is 0.354. The molecule has 0 heterocycles. The van der Waals surface area contributed by atoms with E-state index in [4.69, 9.17) is 28.9 Å². The van der Waals surface area contributed by atoms with E-state index in [-0.39, 0.29) is 0 Å². The van der Waals surface area contributed by atoms with Gasteiger partial charge in [-0.1, -0.05) is 42.3 Å². The van der Waals surface area contributed by atoms with Gasteiger partial charge in [0, 0.05) is 17.8 Å². The molecular weight excluding hydrogens is 305 g/mol. The first-order chi connectivity index (χ1) is 10.0. The van der Waals surface area contributed by atoms with Crippen LogP contribution in [0.2, 0.25) is 10.0 Å². The average Bonchev–Trinajstić information content (AvgIpc) is 2.50. The number of nitrogens with two attached hydrogens (primary N) is 1. The molecule has 0 aromatic heterocycles. The number of nitrogens with zero attached hydrogens (tertiary/aromatic N) is 2. The maximum Gasteiger partial charge on any atom is 0.200 e. The minimum atomic E-state index is 0.354. The number of benzene rings is 2. The van der Waals surface area contributed by atoms with E-state index in [1.165, 1.54) is 5.56 Å². The second-order valence-corrected chi connectivity index (χ2v) is 5.49. The first-order valence-corrected chi connectivity index (χ1v) is 7.38. The molecule has 0 aliphatic carbocycles. The summed E-state index contributed by atoms with van der Waals surface area (Å²) in [5.41, 5.74) is 8.85. The van der Waals surface area contributed by atoms with Crippen molar-refractivity contribution in [3.8, 4) is 0 Å². The van der Waals surface area contributed by atoms with Gasteiger partial charge >= 0.3 is 0 Å². The van der Waals surface area contributed by atoms with Crippen molar-refractivity contribution in [2.24, 2.45) is 10.7 Å². The van der Waals surface area contributed by atoms with Gasteiger partial charge in [-0.05, 0) is 42.3 Å². The number of aliphatic imine (C=N–C) groups is 1. The van der Waals surface area contributed by atoms with E-state index in [1.807, 2.05) is 24.1 Å². The molecule has 0 aliphatic rings. The zero-order valence-corrected chi connectivity index (χ0v) is 13.5. The minimum Gasteiger partial charge on any atom is -0.369 e. The second kappa shape index (κ2) is 6.83. The summed E-state index contributed by atoms with van der Waals surface area (Å²) >= 11 is 12.1. The molecule has 2 rings (SSSR count). The Balaban J connectivity index is 2.31. The van der Waals surface area contributed by atoms with Crippen molar-refractivity contribution in [2.75, 3.05) is 11.9 Å². The highest BCUT2D eigenvalue weighted by Crippen LogP contribution is 2.28. The Bertz CT molecular complexity index is 668. The monoisotopic (exact) mass is 321 g/mol. The van der Waals surface area contributed by atoms with E-state index in [0.29, 0.717) is 21.7 Å². The molecule has 0 unspecified atom stereocenters. The lowest BCUT2D eigenvalue weighted by atomic mass is 10.1. The normalized spacial score (nSPS) is 11.5. The number of hydrogen-bond acceptors (Lipinski definition) is 1. The Morgan fingerprint density at radius 1 is 1.19 bits per heavy atom. The zero-order chi connectivity index (χ0) is 15.4. The van der Waals surface area contributed by atoms with Crippen LogP contribution in [0.3, 0.4) is 0 Å². The van der Waals surface area contributed by atoms with Crippen molar-refractivity contribution in [2.45, 2.75) is 13.3 Å². The van der Waals surface area contributed by atoms with Crippen LogP contribution in [-0.2, 0) is 6.42 Å². The molecule has 3 nitrogen and oxygen atoms in total. The van der Waals surface area contributed by atoms with E-state index >= 15 is 0 Å². The van der Waals surface area contributed by atoms with Gasteiger partial charge in [-0.25, -0.2) is 4.99 Å². The number of aryl methyl sites for hydroxylation is 1. The molecule has 21 heavy (non-hydrogen) atoms. The predicted molar refractivity (Wildman–Crippen MR) is 92.0 cm³/mol. The Morgan fingerprint density at radius 3 is 2.67 bits per heavy atom. The number of rotatable bonds is 3. The second-order valence-electron chi connectivity index (χ2n) is 4.65. The summed E-state index contributed by atoms with van der Waals surface area (Å²) in [5, 5.41) is 1.08. The smallest absolute Gasteiger partial charge is 0.200 e. The fourth-order valence-corrected chi connectivity index (χ4v) is 2.21. The van der Waals surface area contributed by atoms with Crippen molar-refractivity contribution < 1.29 is 0 Å². The molecule has 2 aromatic rings. The third-order valence-electron chi connectivity index (χ3n) is 3.19. The Labute approximate surface area is 135 Å². The molecule has 2 N–H and O–H groups in total. The van der Waals surface area contributed by atoms with Crippen molar-refractivity contribution in [1.29, 1.82) is 0 Å². The average molecular weight is 322 g/mol. The third kappa shape index (κ3) is 3.90. The van der Waals surface area contributed by atoms with Crippen LogP contribution in [0.4, 0.5) is 11.4 Å². The third-order valence-corrected chi connectivity index (χ3v) is 3.75. The fourth-order valence-electron chi connectivity index (χ4n) is 1.89. The lowest BCUT2D eigenvalue weighted by molar-refractivity contribution is 1.13. The molecule has 0 fully saturated rings. The molecular formula is C16H17Cl2N3. The lowest BCUT2D eigenvalue weighted by Crippen LogP contribution is -2.33. The molecule has 110 valence electrons. The Kier molecular flexibility index (Phi) is 5.10. The van der Waals surface area contributed by atoms with Crippen LogP contribution in [0.1, 0.15) is 12.5 Å². The molecule has 5 heteroatoms. The van der Waals surface area contributed by atoms with E-state index in [9.17, 15) is 0 Å². The van der Waals surface area contributed by atoms with Gasteiger partial charge in [-0.15, -0.1) is 0 Å². The summed E-state index contributed by atoms with van der Waals surface area (Å²) in [6.45, 7) is 2.11. The number of guanidine groups is 1. The van der Waals surface area contributed by atoms with Gasteiger partial charge < -0.3 is 10.6 Å². The first-order valence-electron chi connectivity index (χ1n) is 6.63. The van der Waals surface area contributed by atoms with Crippen LogP contribution in [0, 0.1) is 0 Å². The SMILES string of the molecule is CCc1cccc(N(C)C(N)=Nc2cc(Cl)ccc2Cl)c1. The van der Waals surface area contributed by atoms with Gasteiger partial charge in [0.1, 0.15) is 0 Å². The highest BCUT2D eigenvalue weighted by atomic mass is 35.5. The summed E-state index contributed by atoms with van der Waals surface area (Å²) in [7, 11) is 1.87. The van der Waals surface area contributed by atoms with Gasteiger partial charge in [0.2, 0.25) is 5.96 Å². The summed E-state index contributed by atoms with van der Waals surface area (Å²) < 4.78 is 0. The van der Waals surface area contributed by atoms with Crippen LogP contribution in [0.15, 0.2) is 47.5 Å². The lowest BCUT2D eigenvalue weighted by Gasteiger charge is -2.19. The van der Waals surface area contributed by atoms with Crippen molar-refractivity contribution >= 4 is 40.5 Å². The Morgan fingerprint density at radius 2 is 1.95 bits per heavy atom. The molecule has 0 bridgehead atoms. The van der Waals surface area contributed by atoms with Crippen LogP contribution < -0.4 is 10.6 Å². The van der Waals surface area contributed by atoms with Crippen LogP contribution in [0.25, 0.3) is 0 Å². The molecule has 0 aliphatic heterocycles. The maximum atomic E-state index is 6.10. The standard InChI is InChI=1S/C16H17Cl2N3/c1-3-11-5-4-6-13(9-11)21(2)16(19)20-15-10-12(17)7-8-14(15)18/h4-10H,3H2,1-2H3,(H2,19,20). The fraction of sp³-hybridized carbons (Fsp3) is 0.188. The summed E-state index contributed by atoms with van der Waals surface area (Å²) in [4.78, 5) is 6.17. The van der Waals surface area contributed by atoms with Gasteiger partial charge in [0.25, 0.3) is 0 Å². The molecule has 0 radical (unpaired) electrons. The van der Waals surface area contributed by atoms with Crippen LogP contribution >= 0.6 is 23.2 Å². The quantitative estimate of drug-likeness (QED) is 0.661. The van der Waals surface area contributed by atoms with Crippen molar-refractivity contribution in [3.63, 3.8) is 0 Å². The van der Waals surface area contributed by atoms with Crippen molar-refractivity contribution in [1.82, 2.24) is 0 Å². The van der Waals surface area contributed by atoms with E-state index in [1.54, 1.807) is 18.2 Å². The van der Waals surface area contributed by atoms with E-state index in [0.717, 1.165) is 12.1 Å². The molecule has 0 saturated carbocycles. The molecule has 0 spiro atoms. The molecule has 0 amide bonds. The van der Waals surface area contributed by atoms with Crippen LogP contribution in [0.5, 0.6) is 0 Å². The molecule has 2 aromatic carbocycles. The zero-order valence-electron chi connectivity index (χ0n) is 12.0. The first kappa shape index (κ1) is 15.7. The number of halogens is 2. The van der Waals surface area contributed by atoms with Gasteiger partial charge in [-0.3, -0.25) is 0 Å². The predicted octanol–water partition coefficient (Wildman–Crippen LogP) is 4.64. The molecule has 0 atom stereocenters. The van der Waals surface area contributed by atoms with Gasteiger partial charge in [0.05, 0.1) is 10.7 Å². The van der Waals surface area contributed by atoms with Gasteiger partial charge in [0.15, 0.2) is 0 Å². The largest absolute Gasteiger partial charge is 0.369 e. The molecule has 0 saturated heterocycles. The highest BCUT2D eigenvalue weighted by Gasteiger charge is 2.07.